The Balaban J connectivity index is 1.33. The number of aryl methyl sites for hydroxylation is 1. The van der Waals surface area contributed by atoms with Gasteiger partial charge in [0.2, 0.25) is 5.95 Å². The third-order valence-corrected chi connectivity index (χ3v) is 6.23. The van der Waals surface area contributed by atoms with Crippen LogP contribution in [0.4, 0.5) is 10.3 Å². The van der Waals surface area contributed by atoms with E-state index in [-0.39, 0.29) is 17.8 Å². The molecule has 2 aliphatic carbocycles. The normalized spacial score (nSPS) is 18.2. The van der Waals surface area contributed by atoms with Crippen molar-refractivity contribution in [3.63, 3.8) is 0 Å². The van der Waals surface area contributed by atoms with E-state index in [0.717, 1.165) is 49.1 Å². The lowest BCUT2D eigenvalue weighted by Crippen LogP contribution is -2.36. The van der Waals surface area contributed by atoms with Crippen molar-refractivity contribution in [2.45, 2.75) is 43.7 Å². The largest absolute Gasteiger partial charge is 0.482 e. The van der Waals surface area contributed by atoms with Gasteiger partial charge in [-0.25, -0.2) is 14.4 Å². The van der Waals surface area contributed by atoms with Crippen LogP contribution in [0.5, 0.6) is 5.75 Å². The van der Waals surface area contributed by atoms with Crippen LogP contribution in [0.15, 0.2) is 48.8 Å². The van der Waals surface area contributed by atoms with E-state index in [1.165, 1.54) is 24.3 Å². The zero-order chi connectivity index (χ0) is 23.0. The number of nitrogens with one attached hydrogen (secondary N) is 1. The molecule has 1 atom stereocenters. The van der Waals surface area contributed by atoms with Gasteiger partial charge in [0.1, 0.15) is 11.9 Å². The number of benzene rings is 1. The van der Waals surface area contributed by atoms with Gasteiger partial charge in [0, 0.05) is 30.9 Å². The molecule has 5 rings (SSSR count). The van der Waals surface area contributed by atoms with Crippen molar-refractivity contribution in [1.29, 1.82) is 0 Å². The van der Waals surface area contributed by atoms with Crippen molar-refractivity contribution in [2.75, 3.05) is 19.0 Å². The van der Waals surface area contributed by atoms with E-state index in [1.54, 1.807) is 12.4 Å². The lowest BCUT2D eigenvalue weighted by atomic mass is 9.92. The highest BCUT2D eigenvalue weighted by molar-refractivity contribution is 5.95. The number of hydrogen-bond acceptors (Lipinski definition) is 6. The summed E-state index contributed by atoms with van der Waals surface area (Å²) >= 11 is 0. The zero-order valence-electron chi connectivity index (χ0n) is 18.7. The highest BCUT2D eigenvalue weighted by Crippen LogP contribution is 2.46. The number of fused-ring (bicyclic) bond motifs is 1. The van der Waals surface area contributed by atoms with Gasteiger partial charge in [0.25, 0.3) is 5.91 Å². The van der Waals surface area contributed by atoms with Crippen molar-refractivity contribution in [1.82, 2.24) is 20.3 Å². The van der Waals surface area contributed by atoms with Crippen LogP contribution in [0.3, 0.4) is 0 Å². The first kappa shape index (κ1) is 21.3. The lowest BCUT2D eigenvalue weighted by Gasteiger charge is -2.27. The summed E-state index contributed by atoms with van der Waals surface area (Å²) in [7, 11) is 3.79. The van der Waals surface area contributed by atoms with Crippen LogP contribution >= 0.6 is 0 Å². The quantitative estimate of drug-likeness (QED) is 0.616. The van der Waals surface area contributed by atoms with Gasteiger partial charge in [-0.3, -0.25) is 9.78 Å². The second-order valence-electron chi connectivity index (χ2n) is 8.89. The molecule has 0 unspecified atom stereocenters. The van der Waals surface area contributed by atoms with E-state index in [9.17, 15) is 9.18 Å². The maximum Gasteiger partial charge on any atom is 0.252 e. The number of pyridine rings is 1. The Morgan fingerprint density at radius 3 is 2.52 bits per heavy atom. The molecule has 1 aromatic carbocycles. The molecule has 0 spiro atoms. The summed E-state index contributed by atoms with van der Waals surface area (Å²) in [6.07, 6.45) is 7.71. The van der Waals surface area contributed by atoms with E-state index < -0.39 is 5.54 Å². The van der Waals surface area contributed by atoms with Crippen molar-refractivity contribution in [2.24, 2.45) is 0 Å². The van der Waals surface area contributed by atoms with E-state index in [4.69, 9.17) is 9.72 Å². The van der Waals surface area contributed by atoms with E-state index in [0.29, 0.717) is 17.3 Å². The number of anilines is 1. The summed E-state index contributed by atoms with van der Waals surface area (Å²) in [6, 6.07) is 9.65. The molecule has 1 amide bonds. The van der Waals surface area contributed by atoms with E-state index in [2.05, 4.69) is 21.4 Å². The molecular formula is C25H26FN5O2. The Morgan fingerprint density at radius 1 is 1.12 bits per heavy atom. The Hall–Kier alpha value is -3.55. The lowest BCUT2D eigenvalue weighted by molar-refractivity contribution is 0.0929. The standard InChI is InChI=1S/C25H26FN5O2/c1-31(2)24-27-14-18(15-28-24)33-21-5-3-4-20-19(21)10-11-22(29-20)25(12-13-25)30-23(32)16-6-8-17(26)9-7-16/h6-11,14-15,21H,3-5,12-13H2,1-2H3,(H,30,32)/t21-/m1/s1. The molecular weight excluding hydrogens is 421 g/mol. The van der Waals surface area contributed by atoms with Crippen LogP contribution < -0.4 is 15.0 Å². The Morgan fingerprint density at radius 2 is 1.85 bits per heavy atom. The molecule has 0 aliphatic heterocycles. The fraction of sp³-hybridized carbons (Fsp3) is 0.360. The van der Waals surface area contributed by atoms with Gasteiger partial charge in [-0.15, -0.1) is 0 Å². The number of rotatable bonds is 6. The first-order chi connectivity index (χ1) is 15.9. The van der Waals surface area contributed by atoms with Crippen molar-refractivity contribution >= 4 is 11.9 Å². The molecule has 1 saturated carbocycles. The minimum atomic E-state index is -0.454. The van der Waals surface area contributed by atoms with Gasteiger partial charge in [0.05, 0.1) is 23.6 Å². The van der Waals surface area contributed by atoms with Gasteiger partial charge in [0.15, 0.2) is 5.75 Å². The Kier molecular flexibility index (Phi) is 5.44. The summed E-state index contributed by atoms with van der Waals surface area (Å²) in [5, 5.41) is 3.12. The molecule has 1 fully saturated rings. The molecule has 170 valence electrons. The average Bonchev–Trinajstić information content (AvgIpc) is 3.60. The molecule has 2 aliphatic rings. The van der Waals surface area contributed by atoms with Crippen LogP contribution in [0.2, 0.25) is 0 Å². The fourth-order valence-electron chi connectivity index (χ4n) is 4.23. The summed E-state index contributed by atoms with van der Waals surface area (Å²) in [4.78, 5) is 28.1. The predicted molar refractivity (Wildman–Crippen MR) is 122 cm³/mol. The van der Waals surface area contributed by atoms with Gasteiger partial charge in [-0.05, 0) is 62.4 Å². The highest BCUT2D eigenvalue weighted by atomic mass is 19.1. The van der Waals surface area contributed by atoms with Gasteiger partial charge in [-0.2, -0.15) is 0 Å². The first-order valence-electron chi connectivity index (χ1n) is 11.2. The highest BCUT2D eigenvalue weighted by Gasteiger charge is 2.47. The van der Waals surface area contributed by atoms with E-state index >= 15 is 0 Å². The Bertz CT molecular complexity index is 1160. The maximum absolute atomic E-state index is 13.2. The molecule has 8 heteroatoms. The second kappa shape index (κ2) is 8.42. The summed E-state index contributed by atoms with van der Waals surface area (Å²) in [5.74, 6) is 0.693. The van der Waals surface area contributed by atoms with Crippen molar-refractivity contribution in [3.05, 3.63) is 77.1 Å². The summed E-state index contributed by atoms with van der Waals surface area (Å²) in [5.41, 5.74) is 2.94. The third-order valence-electron chi connectivity index (χ3n) is 6.23. The number of aromatic nitrogens is 3. The molecule has 0 bridgehead atoms. The topological polar surface area (TPSA) is 80.2 Å². The fourth-order valence-corrected chi connectivity index (χ4v) is 4.23. The first-order valence-corrected chi connectivity index (χ1v) is 11.2. The molecule has 7 nitrogen and oxygen atoms in total. The van der Waals surface area contributed by atoms with Crippen LogP contribution in [0.1, 0.15) is 59.1 Å². The number of halogens is 1. The predicted octanol–water partition coefficient (Wildman–Crippen LogP) is 3.95. The Labute approximate surface area is 192 Å². The van der Waals surface area contributed by atoms with E-state index in [1.807, 2.05) is 25.1 Å². The van der Waals surface area contributed by atoms with Gasteiger partial charge >= 0.3 is 0 Å². The average molecular weight is 448 g/mol. The van der Waals surface area contributed by atoms with Crippen molar-refractivity contribution < 1.29 is 13.9 Å². The summed E-state index contributed by atoms with van der Waals surface area (Å²) < 4.78 is 19.4. The minimum Gasteiger partial charge on any atom is -0.482 e. The zero-order valence-corrected chi connectivity index (χ0v) is 18.7. The molecule has 2 aromatic heterocycles. The SMILES string of the molecule is CN(C)c1ncc(O[C@@H]2CCCc3nc(C4(NC(=O)c5ccc(F)cc5)CC4)ccc32)cn1. The molecule has 0 radical (unpaired) electrons. The van der Waals surface area contributed by atoms with Gasteiger partial charge in [-0.1, -0.05) is 6.07 Å². The molecule has 1 N–H and O–H groups in total. The van der Waals surface area contributed by atoms with Crippen LogP contribution in [0.25, 0.3) is 0 Å². The van der Waals surface area contributed by atoms with Crippen LogP contribution in [-0.4, -0.2) is 35.0 Å². The van der Waals surface area contributed by atoms with Crippen LogP contribution in [0, 0.1) is 5.82 Å². The van der Waals surface area contributed by atoms with Crippen molar-refractivity contribution in [3.8, 4) is 5.75 Å². The second-order valence-corrected chi connectivity index (χ2v) is 8.89. The number of ether oxygens (including phenoxy) is 1. The summed E-state index contributed by atoms with van der Waals surface area (Å²) in [6.45, 7) is 0. The molecule has 3 aromatic rings. The molecule has 0 saturated heterocycles. The monoisotopic (exact) mass is 447 g/mol. The third kappa shape index (κ3) is 4.37. The maximum atomic E-state index is 13.2. The smallest absolute Gasteiger partial charge is 0.252 e. The number of carbonyl (C=O) groups excluding carboxylic acids is 1. The number of nitrogens with zero attached hydrogens (tertiary/aromatic N) is 4. The minimum absolute atomic E-state index is 0.104. The molecule has 33 heavy (non-hydrogen) atoms. The number of hydrogen-bond donors (Lipinski definition) is 1. The molecule has 2 heterocycles. The number of carbonyl (C=O) groups is 1. The van der Waals surface area contributed by atoms with Gasteiger partial charge < -0.3 is 15.0 Å². The number of amides is 1. The van der Waals surface area contributed by atoms with Crippen LogP contribution in [-0.2, 0) is 12.0 Å².